The number of nitrogens with two attached hydrogens (primary N) is 2. The summed E-state index contributed by atoms with van der Waals surface area (Å²) in [5, 5.41) is 0. The van der Waals surface area contributed by atoms with E-state index in [1.165, 1.54) is 0 Å². The van der Waals surface area contributed by atoms with Crippen molar-refractivity contribution in [3.63, 3.8) is 0 Å². The van der Waals surface area contributed by atoms with E-state index in [0.29, 0.717) is 11.6 Å². The van der Waals surface area contributed by atoms with Gasteiger partial charge in [-0.2, -0.15) is 15.0 Å². The fourth-order valence-corrected chi connectivity index (χ4v) is 2.42. The normalized spacial score (nSPS) is 10.3. The third-order valence-electron chi connectivity index (χ3n) is 1.97. The van der Waals surface area contributed by atoms with Gasteiger partial charge in [0.2, 0.25) is 11.9 Å². The van der Waals surface area contributed by atoms with Crippen molar-refractivity contribution in [2.24, 2.45) is 0 Å². The third kappa shape index (κ3) is 3.30. The fourth-order valence-electron chi connectivity index (χ4n) is 1.26. The summed E-state index contributed by atoms with van der Waals surface area (Å²) in [7, 11) is 0. The first-order valence-electron chi connectivity index (χ1n) is 4.88. The second-order valence-corrected chi connectivity index (χ2v) is 5.10. The SMILES string of the molecule is Nc1nc(N)nc(COc2ccc(Br)cc2Br)n1. The Bertz CT molecular complexity index is 558. The summed E-state index contributed by atoms with van der Waals surface area (Å²) in [6.45, 7) is 0.164. The van der Waals surface area contributed by atoms with E-state index in [1.807, 2.05) is 18.2 Å². The van der Waals surface area contributed by atoms with E-state index < -0.39 is 0 Å². The molecule has 2 rings (SSSR count). The van der Waals surface area contributed by atoms with E-state index in [0.717, 1.165) is 8.95 Å². The summed E-state index contributed by atoms with van der Waals surface area (Å²) in [4.78, 5) is 11.5. The van der Waals surface area contributed by atoms with Gasteiger partial charge in [-0.15, -0.1) is 0 Å². The number of rotatable bonds is 3. The number of nitrogen functional groups attached to an aromatic ring is 2. The molecular weight excluding hydrogens is 366 g/mol. The Morgan fingerprint density at radius 3 is 2.33 bits per heavy atom. The highest BCUT2D eigenvalue weighted by molar-refractivity contribution is 9.11. The number of halogens is 2. The molecule has 0 radical (unpaired) electrons. The maximum absolute atomic E-state index is 5.56. The predicted molar refractivity (Wildman–Crippen MR) is 74.8 cm³/mol. The van der Waals surface area contributed by atoms with Crippen LogP contribution in [0.5, 0.6) is 5.75 Å². The zero-order valence-corrected chi connectivity index (χ0v) is 12.3. The van der Waals surface area contributed by atoms with Gasteiger partial charge in [0.1, 0.15) is 12.4 Å². The monoisotopic (exact) mass is 373 g/mol. The fraction of sp³-hybridized carbons (Fsp3) is 0.100. The Morgan fingerprint density at radius 2 is 1.72 bits per heavy atom. The minimum atomic E-state index is 0.0796. The van der Waals surface area contributed by atoms with Crippen molar-refractivity contribution in [2.45, 2.75) is 6.61 Å². The van der Waals surface area contributed by atoms with Crippen molar-refractivity contribution in [1.29, 1.82) is 0 Å². The Labute approximate surface area is 120 Å². The van der Waals surface area contributed by atoms with Gasteiger partial charge in [0.25, 0.3) is 0 Å². The molecule has 4 N–H and O–H groups in total. The standard InChI is InChI=1S/C10H9Br2N5O/c11-5-1-2-7(6(12)3-5)18-4-8-15-9(13)17-10(14)16-8/h1-3H,4H2,(H4,13,14,15,16,17). The van der Waals surface area contributed by atoms with Gasteiger partial charge in [0.05, 0.1) is 4.47 Å². The van der Waals surface area contributed by atoms with Crippen LogP contribution in [0.25, 0.3) is 0 Å². The van der Waals surface area contributed by atoms with Gasteiger partial charge in [0.15, 0.2) is 5.82 Å². The highest BCUT2D eigenvalue weighted by Gasteiger charge is 2.05. The van der Waals surface area contributed by atoms with Crippen molar-refractivity contribution in [1.82, 2.24) is 15.0 Å². The first-order chi connectivity index (χ1) is 8.54. The summed E-state index contributed by atoms with van der Waals surface area (Å²) in [5.74, 6) is 1.22. The molecule has 1 aromatic carbocycles. The van der Waals surface area contributed by atoms with Gasteiger partial charge in [-0.3, -0.25) is 0 Å². The number of hydrogen-bond donors (Lipinski definition) is 2. The second-order valence-electron chi connectivity index (χ2n) is 3.33. The van der Waals surface area contributed by atoms with Crippen LogP contribution in [-0.2, 0) is 6.61 Å². The zero-order chi connectivity index (χ0) is 13.1. The summed E-state index contributed by atoms with van der Waals surface area (Å²) in [6, 6.07) is 5.57. The van der Waals surface area contributed by atoms with E-state index in [9.17, 15) is 0 Å². The Balaban J connectivity index is 2.11. The van der Waals surface area contributed by atoms with Crippen molar-refractivity contribution in [2.75, 3.05) is 11.5 Å². The quantitative estimate of drug-likeness (QED) is 0.853. The Kier molecular flexibility index (Phi) is 3.97. The smallest absolute Gasteiger partial charge is 0.225 e. The number of nitrogens with zero attached hydrogens (tertiary/aromatic N) is 3. The van der Waals surface area contributed by atoms with Crippen LogP contribution in [0.1, 0.15) is 5.82 Å². The highest BCUT2D eigenvalue weighted by Crippen LogP contribution is 2.28. The summed E-state index contributed by atoms with van der Waals surface area (Å²) >= 11 is 6.75. The average molecular weight is 375 g/mol. The minimum absolute atomic E-state index is 0.0796. The van der Waals surface area contributed by atoms with Crippen LogP contribution < -0.4 is 16.2 Å². The van der Waals surface area contributed by atoms with Crippen LogP contribution >= 0.6 is 31.9 Å². The van der Waals surface area contributed by atoms with E-state index in [4.69, 9.17) is 16.2 Å². The first kappa shape index (κ1) is 13.0. The predicted octanol–water partition coefficient (Wildman–Crippen LogP) is 2.14. The molecule has 1 heterocycles. The van der Waals surface area contributed by atoms with Gasteiger partial charge in [0, 0.05) is 4.47 Å². The van der Waals surface area contributed by atoms with E-state index in [-0.39, 0.29) is 18.5 Å². The molecule has 0 atom stereocenters. The largest absolute Gasteiger partial charge is 0.484 e. The molecule has 0 saturated heterocycles. The van der Waals surface area contributed by atoms with Gasteiger partial charge in [-0.1, -0.05) is 15.9 Å². The highest BCUT2D eigenvalue weighted by atomic mass is 79.9. The molecule has 0 saturated carbocycles. The molecule has 94 valence electrons. The molecule has 8 heteroatoms. The number of ether oxygens (including phenoxy) is 1. The molecular formula is C10H9Br2N5O. The summed E-state index contributed by atoms with van der Waals surface area (Å²) in [6.07, 6.45) is 0. The van der Waals surface area contributed by atoms with Crippen LogP contribution in [0.2, 0.25) is 0 Å². The lowest BCUT2D eigenvalue weighted by Crippen LogP contribution is -2.09. The molecule has 0 aliphatic carbocycles. The molecule has 0 spiro atoms. The lowest BCUT2D eigenvalue weighted by Gasteiger charge is -2.08. The molecule has 2 aromatic rings. The summed E-state index contributed by atoms with van der Waals surface area (Å²) in [5.41, 5.74) is 10.9. The summed E-state index contributed by atoms with van der Waals surface area (Å²) < 4.78 is 7.34. The molecule has 1 aromatic heterocycles. The Morgan fingerprint density at radius 1 is 1.06 bits per heavy atom. The van der Waals surface area contributed by atoms with E-state index >= 15 is 0 Å². The molecule has 6 nitrogen and oxygen atoms in total. The van der Waals surface area contributed by atoms with Crippen molar-refractivity contribution in [3.8, 4) is 5.75 Å². The van der Waals surface area contributed by atoms with Gasteiger partial charge >= 0.3 is 0 Å². The molecule has 0 aliphatic rings. The molecule has 0 aliphatic heterocycles. The average Bonchev–Trinajstić information content (AvgIpc) is 2.26. The number of hydrogen-bond acceptors (Lipinski definition) is 6. The molecule has 18 heavy (non-hydrogen) atoms. The van der Waals surface area contributed by atoms with Crippen LogP contribution in [-0.4, -0.2) is 15.0 Å². The lowest BCUT2D eigenvalue weighted by atomic mass is 10.3. The lowest BCUT2D eigenvalue weighted by molar-refractivity contribution is 0.294. The van der Waals surface area contributed by atoms with Crippen molar-refractivity contribution < 1.29 is 4.74 Å². The maximum Gasteiger partial charge on any atom is 0.225 e. The van der Waals surface area contributed by atoms with E-state index in [2.05, 4.69) is 46.8 Å². The molecule has 0 amide bonds. The zero-order valence-electron chi connectivity index (χ0n) is 9.10. The van der Waals surface area contributed by atoms with Gasteiger partial charge in [-0.05, 0) is 34.1 Å². The van der Waals surface area contributed by atoms with Crippen LogP contribution in [0, 0.1) is 0 Å². The minimum Gasteiger partial charge on any atom is -0.484 e. The van der Waals surface area contributed by atoms with Crippen molar-refractivity contribution >= 4 is 43.8 Å². The third-order valence-corrected chi connectivity index (χ3v) is 3.08. The van der Waals surface area contributed by atoms with Gasteiger partial charge in [-0.25, -0.2) is 0 Å². The number of benzene rings is 1. The van der Waals surface area contributed by atoms with Crippen LogP contribution in [0.4, 0.5) is 11.9 Å². The molecule has 0 fully saturated rings. The van der Waals surface area contributed by atoms with E-state index in [1.54, 1.807) is 0 Å². The maximum atomic E-state index is 5.56. The molecule has 0 bridgehead atoms. The number of anilines is 2. The number of aromatic nitrogens is 3. The molecule has 0 unspecified atom stereocenters. The Hall–Kier alpha value is -1.41. The topological polar surface area (TPSA) is 99.9 Å². The van der Waals surface area contributed by atoms with Gasteiger partial charge < -0.3 is 16.2 Å². The van der Waals surface area contributed by atoms with Crippen LogP contribution in [0.3, 0.4) is 0 Å². The first-order valence-corrected chi connectivity index (χ1v) is 6.47. The second kappa shape index (κ2) is 5.49. The van der Waals surface area contributed by atoms with Crippen LogP contribution in [0.15, 0.2) is 27.1 Å². The van der Waals surface area contributed by atoms with Crippen molar-refractivity contribution in [3.05, 3.63) is 33.0 Å².